The van der Waals surface area contributed by atoms with Crippen LogP contribution in [0.15, 0.2) is 59.5 Å². The van der Waals surface area contributed by atoms with Crippen molar-refractivity contribution in [3.63, 3.8) is 0 Å². The summed E-state index contributed by atoms with van der Waals surface area (Å²) >= 11 is 0. The van der Waals surface area contributed by atoms with Gasteiger partial charge in [0, 0.05) is 30.9 Å². The largest absolute Gasteiger partial charge is 0.379 e. The highest BCUT2D eigenvalue weighted by atomic mass is 32.2. The molecule has 2 aliphatic rings. The number of benzene rings is 2. The van der Waals surface area contributed by atoms with Crippen LogP contribution < -0.4 is 5.32 Å². The number of fused-ring (bicyclic) bond motifs is 1. The summed E-state index contributed by atoms with van der Waals surface area (Å²) in [4.78, 5) is 13.2. The minimum atomic E-state index is -3.53. The molecule has 1 aliphatic carbocycles. The molecule has 172 valence electrons. The van der Waals surface area contributed by atoms with Crippen LogP contribution in [0.4, 0.5) is 0 Å². The standard InChI is InChI=1S/C24H26N4O4S/c29-24(23-21-7-4-8-22(21)28(26-23)19-5-2-1-3-6-19)25-17-18-9-11-20(12-10-18)33(30,31)27-13-15-32-16-14-27/h1-3,5-6,9-12H,4,7-8,13-17H2,(H,25,29). The van der Waals surface area contributed by atoms with Crippen molar-refractivity contribution in [1.82, 2.24) is 19.4 Å². The van der Waals surface area contributed by atoms with Crippen molar-refractivity contribution in [1.29, 1.82) is 0 Å². The number of nitrogens with zero attached hydrogens (tertiary/aromatic N) is 3. The summed E-state index contributed by atoms with van der Waals surface area (Å²) in [6, 6.07) is 16.5. The Labute approximate surface area is 193 Å². The van der Waals surface area contributed by atoms with Crippen LogP contribution in [0.5, 0.6) is 0 Å². The van der Waals surface area contributed by atoms with E-state index in [0.29, 0.717) is 38.5 Å². The summed E-state index contributed by atoms with van der Waals surface area (Å²) < 4.78 is 34.1. The van der Waals surface area contributed by atoms with E-state index in [9.17, 15) is 13.2 Å². The highest BCUT2D eigenvalue weighted by molar-refractivity contribution is 7.89. The van der Waals surface area contributed by atoms with Gasteiger partial charge in [-0.3, -0.25) is 4.79 Å². The smallest absolute Gasteiger partial charge is 0.272 e. The van der Waals surface area contributed by atoms with Crippen molar-refractivity contribution in [2.75, 3.05) is 26.3 Å². The van der Waals surface area contributed by atoms with Gasteiger partial charge in [-0.05, 0) is 49.1 Å². The molecule has 0 radical (unpaired) electrons. The van der Waals surface area contributed by atoms with E-state index in [2.05, 4.69) is 10.4 Å². The van der Waals surface area contributed by atoms with E-state index in [1.807, 2.05) is 35.0 Å². The topological polar surface area (TPSA) is 93.5 Å². The van der Waals surface area contributed by atoms with Gasteiger partial charge in [0.15, 0.2) is 5.69 Å². The first-order chi connectivity index (χ1) is 16.0. The predicted octanol–water partition coefficient (Wildman–Crippen LogP) is 2.31. The lowest BCUT2D eigenvalue weighted by molar-refractivity contribution is 0.0730. The van der Waals surface area contributed by atoms with Gasteiger partial charge in [0.25, 0.3) is 5.91 Å². The van der Waals surface area contributed by atoms with Crippen LogP contribution in [0, 0.1) is 0 Å². The van der Waals surface area contributed by atoms with E-state index in [1.54, 1.807) is 24.3 Å². The molecule has 1 aromatic heterocycles. The van der Waals surface area contributed by atoms with Crippen molar-refractivity contribution >= 4 is 15.9 Å². The Morgan fingerprint density at radius 1 is 1.00 bits per heavy atom. The normalized spacial score (nSPS) is 16.5. The average molecular weight is 467 g/mol. The summed E-state index contributed by atoms with van der Waals surface area (Å²) in [7, 11) is -3.53. The number of nitrogens with one attached hydrogen (secondary N) is 1. The second-order valence-electron chi connectivity index (χ2n) is 8.22. The summed E-state index contributed by atoms with van der Waals surface area (Å²) in [5.41, 5.74) is 4.36. The van der Waals surface area contributed by atoms with E-state index in [1.165, 1.54) is 4.31 Å². The fourth-order valence-electron chi connectivity index (χ4n) is 4.38. The summed E-state index contributed by atoms with van der Waals surface area (Å²) in [5.74, 6) is -0.215. The number of rotatable bonds is 6. The molecule has 3 aromatic rings. The zero-order chi connectivity index (χ0) is 22.8. The van der Waals surface area contributed by atoms with Crippen molar-refractivity contribution in [3.05, 3.63) is 77.1 Å². The molecule has 0 bridgehead atoms. The number of carbonyl (C=O) groups excluding carboxylic acids is 1. The van der Waals surface area contributed by atoms with Gasteiger partial charge < -0.3 is 10.1 Å². The second-order valence-corrected chi connectivity index (χ2v) is 10.2. The van der Waals surface area contributed by atoms with Crippen LogP contribution in [0.2, 0.25) is 0 Å². The first kappa shape index (κ1) is 21.8. The fraction of sp³-hybridized carbons (Fsp3) is 0.333. The number of amides is 1. The maximum absolute atomic E-state index is 13.0. The number of hydrogen-bond donors (Lipinski definition) is 1. The van der Waals surface area contributed by atoms with Crippen LogP contribution in [-0.2, 0) is 34.1 Å². The molecule has 2 heterocycles. The molecule has 9 heteroatoms. The van der Waals surface area contributed by atoms with Gasteiger partial charge in [0.05, 0.1) is 23.8 Å². The lowest BCUT2D eigenvalue weighted by Crippen LogP contribution is -2.40. The quantitative estimate of drug-likeness (QED) is 0.602. The Balaban J connectivity index is 1.28. The van der Waals surface area contributed by atoms with Gasteiger partial charge in [-0.15, -0.1) is 0 Å². The number of sulfonamides is 1. The molecule has 0 spiro atoms. The van der Waals surface area contributed by atoms with Gasteiger partial charge in [0.1, 0.15) is 0 Å². The van der Waals surface area contributed by atoms with Gasteiger partial charge in [0.2, 0.25) is 10.0 Å². The van der Waals surface area contributed by atoms with Gasteiger partial charge in [-0.1, -0.05) is 30.3 Å². The van der Waals surface area contributed by atoms with Crippen molar-refractivity contribution in [2.45, 2.75) is 30.7 Å². The molecule has 0 unspecified atom stereocenters. The van der Waals surface area contributed by atoms with Gasteiger partial charge in [-0.2, -0.15) is 9.40 Å². The molecular weight excluding hydrogens is 440 g/mol. The number of carbonyl (C=O) groups is 1. The maximum Gasteiger partial charge on any atom is 0.272 e. The van der Waals surface area contributed by atoms with Crippen LogP contribution in [0.3, 0.4) is 0 Å². The van der Waals surface area contributed by atoms with Gasteiger partial charge in [-0.25, -0.2) is 13.1 Å². The van der Waals surface area contributed by atoms with Gasteiger partial charge >= 0.3 is 0 Å². The number of aromatic nitrogens is 2. The maximum atomic E-state index is 13.0. The Morgan fingerprint density at radius 3 is 2.45 bits per heavy atom. The molecule has 1 amide bonds. The predicted molar refractivity (Wildman–Crippen MR) is 123 cm³/mol. The van der Waals surface area contributed by atoms with E-state index in [4.69, 9.17) is 4.74 Å². The molecule has 1 saturated heterocycles. The number of ether oxygens (including phenoxy) is 1. The molecular formula is C24H26N4O4S. The summed E-state index contributed by atoms with van der Waals surface area (Å²) in [6.45, 7) is 1.84. The molecule has 0 saturated carbocycles. The van der Waals surface area contributed by atoms with Crippen LogP contribution in [-0.4, -0.2) is 54.7 Å². The molecule has 8 nitrogen and oxygen atoms in total. The summed E-state index contributed by atoms with van der Waals surface area (Å²) in [6.07, 6.45) is 2.77. The molecule has 5 rings (SSSR count). The number of morpholine rings is 1. The molecule has 1 aliphatic heterocycles. The van der Waals surface area contributed by atoms with Crippen LogP contribution in [0.25, 0.3) is 5.69 Å². The van der Waals surface area contributed by atoms with Crippen molar-refractivity contribution < 1.29 is 17.9 Å². The van der Waals surface area contributed by atoms with Crippen LogP contribution in [0.1, 0.15) is 33.7 Å². The second kappa shape index (κ2) is 9.09. The molecule has 1 N–H and O–H groups in total. The minimum Gasteiger partial charge on any atom is -0.379 e. The molecule has 2 aromatic carbocycles. The highest BCUT2D eigenvalue weighted by Crippen LogP contribution is 2.28. The zero-order valence-electron chi connectivity index (χ0n) is 18.2. The number of hydrogen-bond acceptors (Lipinski definition) is 5. The van der Waals surface area contributed by atoms with E-state index in [0.717, 1.165) is 41.8 Å². The van der Waals surface area contributed by atoms with E-state index >= 15 is 0 Å². The Bertz CT molecular complexity index is 1250. The first-order valence-electron chi connectivity index (χ1n) is 11.2. The first-order valence-corrected chi connectivity index (χ1v) is 12.6. The lowest BCUT2D eigenvalue weighted by Gasteiger charge is -2.26. The Kier molecular flexibility index (Phi) is 6.01. The molecule has 0 atom stereocenters. The SMILES string of the molecule is O=C(NCc1ccc(S(=O)(=O)N2CCOCC2)cc1)c1nn(-c2ccccc2)c2c1CCC2. The Morgan fingerprint density at radius 2 is 1.73 bits per heavy atom. The van der Waals surface area contributed by atoms with E-state index in [-0.39, 0.29) is 10.8 Å². The third kappa shape index (κ3) is 4.31. The number of para-hydroxylation sites is 1. The third-order valence-electron chi connectivity index (χ3n) is 6.13. The molecule has 1 fully saturated rings. The molecule has 33 heavy (non-hydrogen) atoms. The third-order valence-corrected chi connectivity index (χ3v) is 8.04. The monoisotopic (exact) mass is 466 g/mol. The summed E-state index contributed by atoms with van der Waals surface area (Å²) in [5, 5.41) is 7.56. The highest BCUT2D eigenvalue weighted by Gasteiger charge is 2.28. The lowest BCUT2D eigenvalue weighted by atomic mass is 10.2. The van der Waals surface area contributed by atoms with Crippen molar-refractivity contribution in [2.24, 2.45) is 0 Å². The Hall–Kier alpha value is -3.01. The average Bonchev–Trinajstić information content (AvgIpc) is 3.47. The zero-order valence-corrected chi connectivity index (χ0v) is 19.1. The van der Waals surface area contributed by atoms with E-state index < -0.39 is 10.0 Å². The van der Waals surface area contributed by atoms with Crippen LogP contribution >= 0.6 is 0 Å². The van der Waals surface area contributed by atoms with Crippen molar-refractivity contribution in [3.8, 4) is 5.69 Å². The minimum absolute atomic E-state index is 0.215. The fourth-order valence-corrected chi connectivity index (χ4v) is 5.79.